The van der Waals surface area contributed by atoms with Crippen LogP contribution in [0.2, 0.25) is 0 Å². The highest BCUT2D eigenvalue weighted by molar-refractivity contribution is 5.98. The molecule has 3 rings (SSSR count). The molecule has 2 heterocycles. The zero-order chi connectivity index (χ0) is 23.3. The van der Waals surface area contributed by atoms with Crippen molar-refractivity contribution in [3.05, 3.63) is 39.9 Å². The standard InChI is InChI=1S/C25H37FN4O2.ClH/c1-5-8-10-30(11-9-6-2)25(32)20-18-28(7-3)22-17-23(21(26)16-19(22)24(20)31)29-14-12-27(4)13-15-29;/h16-18H,5-15H2,1-4H3;1H/p-1. The molecular weight excluding hydrogens is 443 g/mol. The molecule has 33 heavy (non-hydrogen) atoms. The third-order valence-corrected chi connectivity index (χ3v) is 6.41. The number of fused-ring (bicyclic) bond motifs is 1. The molecule has 0 spiro atoms. The zero-order valence-electron chi connectivity index (χ0n) is 20.4. The number of halogens is 2. The van der Waals surface area contributed by atoms with E-state index in [9.17, 15) is 9.59 Å². The molecule has 0 atom stereocenters. The molecule has 1 aliphatic heterocycles. The number of carbonyl (C=O) groups is 1. The Morgan fingerprint density at radius 1 is 1.03 bits per heavy atom. The number of rotatable bonds is 9. The van der Waals surface area contributed by atoms with E-state index in [1.54, 1.807) is 17.2 Å². The highest BCUT2D eigenvalue weighted by Crippen LogP contribution is 2.26. The minimum atomic E-state index is -0.403. The first-order valence-electron chi connectivity index (χ1n) is 12.0. The Labute approximate surface area is 202 Å². The average molecular weight is 480 g/mol. The van der Waals surface area contributed by atoms with Crippen LogP contribution in [0.1, 0.15) is 56.8 Å². The van der Waals surface area contributed by atoms with E-state index >= 15 is 4.39 Å². The second-order valence-electron chi connectivity index (χ2n) is 8.77. The Morgan fingerprint density at radius 2 is 1.64 bits per heavy atom. The number of nitrogens with zero attached hydrogens (tertiary/aromatic N) is 4. The number of amides is 1. The molecule has 0 unspecified atom stereocenters. The van der Waals surface area contributed by atoms with Crippen LogP contribution in [0.15, 0.2) is 23.1 Å². The molecule has 1 fully saturated rings. The number of piperazine rings is 1. The summed E-state index contributed by atoms with van der Waals surface area (Å²) in [6.45, 7) is 11.2. The third kappa shape index (κ3) is 6.07. The second-order valence-corrected chi connectivity index (χ2v) is 8.77. The largest absolute Gasteiger partial charge is 1.00 e. The highest BCUT2D eigenvalue weighted by Gasteiger charge is 2.23. The molecule has 1 aliphatic rings. The van der Waals surface area contributed by atoms with Gasteiger partial charge >= 0.3 is 0 Å². The third-order valence-electron chi connectivity index (χ3n) is 6.41. The summed E-state index contributed by atoms with van der Waals surface area (Å²) < 4.78 is 17.0. The summed E-state index contributed by atoms with van der Waals surface area (Å²) in [6.07, 6.45) is 5.42. The van der Waals surface area contributed by atoms with Gasteiger partial charge in [-0.15, -0.1) is 0 Å². The topological polar surface area (TPSA) is 48.8 Å². The molecule has 1 saturated heterocycles. The van der Waals surface area contributed by atoms with Gasteiger partial charge in [-0.3, -0.25) is 9.59 Å². The fourth-order valence-electron chi connectivity index (χ4n) is 4.29. The van der Waals surface area contributed by atoms with Crippen LogP contribution in [-0.4, -0.2) is 66.6 Å². The van der Waals surface area contributed by atoms with Gasteiger partial charge in [0.1, 0.15) is 11.4 Å². The van der Waals surface area contributed by atoms with E-state index in [-0.39, 0.29) is 34.7 Å². The van der Waals surface area contributed by atoms with Crippen molar-refractivity contribution < 1.29 is 21.6 Å². The van der Waals surface area contributed by atoms with E-state index in [0.29, 0.717) is 30.8 Å². The zero-order valence-corrected chi connectivity index (χ0v) is 21.1. The van der Waals surface area contributed by atoms with Gasteiger partial charge in [-0.25, -0.2) is 4.39 Å². The molecule has 0 saturated carbocycles. The molecule has 1 amide bonds. The van der Waals surface area contributed by atoms with Crippen molar-refractivity contribution in [1.29, 1.82) is 0 Å². The van der Waals surface area contributed by atoms with Gasteiger partial charge in [0, 0.05) is 57.4 Å². The SMILES string of the molecule is CCCCN(CCCC)C(=O)c1cn(CC)c2cc(N3CCN(C)CC3)c(F)cc2c1=O.[Cl-]. The van der Waals surface area contributed by atoms with Crippen LogP contribution >= 0.6 is 0 Å². The van der Waals surface area contributed by atoms with E-state index in [0.717, 1.165) is 51.9 Å². The van der Waals surface area contributed by atoms with Gasteiger partial charge in [0.15, 0.2) is 0 Å². The lowest BCUT2D eigenvalue weighted by atomic mass is 10.1. The number of anilines is 1. The molecule has 184 valence electrons. The lowest BCUT2D eigenvalue weighted by Crippen LogP contribution is -3.00. The summed E-state index contributed by atoms with van der Waals surface area (Å²) in [7, 11) is 2.06. The van der Waals surface area contributed by atoms with Gasteiger partial charge < -0.3 is 31.7 Å². The number of aryl methyl sites for hydroxylation is 1. The molecule has 1 aromatic heterocycles. The first kappa shape index (κ1) is 27.1. The van der Waals surface area contributed by atoms with Gasteiger partial charge in [-0.1, -0.05) is 26.7 Å². The lowest BCUT2D eigenvalue weighted by molar-refractivity contribution is -0.0000173. The molecule has 0 radical (unpaired) electrons. The molecule has 2 aromatic rings. The van der Waals surface area contributed by atoms with Crippen LogP contribution < -0.4 is 22.7 Å². The number of pyridine rings is 1. The number of carbonyl (C=O) groups excluding carboxylic acids is 1. The van der Waals surface area contributed by atoms with E-state index in [1.165, 1.54) is 6.07 Å². The smallest absolute Gasteiger partial charge is 0.259 e. The fourth-order valence-corrected chi connectivity index (χ4v) is 4.29. The fraction of sp³-hybridized carbons (Fsp3) is 0.600. The quantitative estimate of drug-likeness (QED) is 0.537. The Hall–Kier alpha value is -2.12. The van der Waals surface area contributed by atoms with E-state index in [4.69, 9.17) is 0 Å². The summed E-state index contributed by atoms with van der Waals surface area (Å²) in [5, 5.41) is 0.277. The first-order chi connectivity index (χ1) is 15.4. The van der Waals surface area contributed by atoms with Gasteiger partial charge in [0.05, 0.1) is 11.2 Å². The number of unbranched alkanes of at least 4 members (excludes halogenated alkanes) is 2. The number of hydrogen-bond acceptors (Lipinski definition) is 4. The minimum absolute atomic E-state index is 0. The maximum atomic E-state index is 15.1. The van der Waals surface area contributed by atoms with Crippen molar-refractivity contribution in [3.63, 3.8) is 0 Å². The van der Waals surface area contributed by atoms with E-state index in [2.05, 4.69) is 25.8 Å². The molecular formula is C25H37ClFN4O2-. The highest BCUT2D eigenvalue weighted by atomic mass is 35.5. The van der Waals surface area contributed by atoms with Gasteiger partial charge in [0.25, 0.3) is 5.91 Å². The van der Waals surface area contributed by atoms with Crippen LogP contribution in [0.25, 0.3) is 10.9 Å². The molecule has 0 bridgehead atoms. The van der Waals surface area contributed by atoms with E-state index in [1.807, 2.05) is 16.4 Å². The van der Waals surface area contributed by atoms with Crippen molar-refractivity contribution in [1.82, 2.24) is 14.4 Å². The Kier molecular flexibility index (Phi) is 10.2. The Bertz CT molecular complexity index is 994. The normalized spacial score (nSPS) is 14.4. The predicted molar refractivity (Wildman–Crippen MR) is 129 cm³/mol. The number of likely N-dealkylation sites (N-methyl/N-ethyl adjacent to an activating group) is 1. The van der Waals surface area contributed by atoms with Crippen LogP contribution in [0.5, 0.6) is 0 Å². The maximum Gasteiger partial charge on any atom is 0.259 e. The molecule has 6 nitrogen and oxygen atoms in total. The van der Waals surface area contributed by atoms with Crippen LogP contribution in [-0.2, 0) is 6.54 Å². The van der Waals surface area contributed by atoms with Crippen LogP contribution in [0.3, 0.4) is 0 Å². The van der Waals surface area contributed by atoms with Crippen LogP contribution in [0.4, 0.5) is 10.1 Å². The number of aromatic nitrogens is 1. The predicted octanol–water partition coefficient (Wildman–Crippen LogP) is 0.959. The second kappa shape index (κ2) is 12.4. The van der Waals surface area contributed by atoms with Gasteiger partial charge in [0.2, 0.25) is 5.43 Å². The number of hydrogen-bond donors (Lipinski definition) is 0. The summed E-state index contributed by atoms with van der Waals surface area (Å²) in [4.78, 5) is 32.7. The van der Waals surface area contributed by atoms with Crippen molar-refractivity contribution in [3.8, 4) is 0 Å². The molecule has 0 aliphatic carbocycles. The Balaban J connectivity index is 0.00000385. The Morgan fingerprint density at radius 3 is 2.18 bits per heavy atom. The van der Waals surface area contributed by atoms with Crippen molar-refractivity contribution in [2.24, 2.45) is 0 Å². The first-order valence-corrected chi connectivity index (χ1v) is 12.0. The molecule has 8 heteroatoms. The van der Waals surface area contributed by atoms with Crippen LogP contribution in [0, 0.1) is 5.82 Å². The average Bonchev–Trinajstić information content (AvgIpc) is 2.80. The summed E-state index contributed by atoms with van der Waals surface area (Å²) >= 11 is 0. The minimum Gasteiger partial charge on any atom is -1.00 e. The van der Waals surface area contributed by atoms with Crippen molar-refractivity contribution in [2.75, 3.05) is 51.2 Å². The monoisotopic (exact) mass is 479 g/mol. The lowest BCUT2D eigenvalue weighted by Gasteiger charge is -2.34. The molecule has 0 N–H and O–H groups in total. The molecule has 1 aromatic carbocycles. The van der Waals surface area contributed by atoms with E-state index < -0.39 is 5.82 Å². The maximum absolute atomic E-state index is 15.1. The summed E-state index contributed by atoms with van der Waals surface area (Å²) in [5.41, 5.74) is 0.965. The number of benzene rings is 1. The van der Waals surface area contributed by atoms with Crippen molar-refractivity contribution >= 4 is 22.5 Å². The van der Waals surface area contributed by atoms with Gasteiger partial charge in [-0.2, -0.15) is 0 Å². The summed E-state index contributed by atoms with van der Waals surface area (Å²) in [5.74, 6) is -0.648. The summed E-state index contributed by atoms with van der Waals surface area (Å²) in [6, 6.07) is 3.11. The van der Waals surface area contributed by atoms with Gasteiger partial charge in [-0.05, 0) is 38.9 Å². The van der Waals surface area contributed by atoms with Crippen molar-refractivity contribution in [2.45, 2.75) is 53.0 Å².